The number of rotatable bonds is 5. The zero-order valence-electron chi connectivity index (χ0n) is 12.2. The first-order valence-corrected chi connectivity index (χ1v) is 6.99. The largest absolute Gasteiger partial charge is 0.482 e. The lowest BCUT2D eigenvalue weighted by Gasteiger charge is -2.22. The van der Waals surface area contributed by atoms with Crippen LogP contribution < -0.4 is 15.4 Å². The molecule has 0 aromatic heterocycles. The highest BCUT2D eigenvalue weighted by Gasteiger charge is 2.20. The molecule has 0 aliphatic carbocycles. The lowest BCUT2D eigenvalue weighted by molar-refractivity contribution is -0.118. The van der Waals surface area contributed by atoms with Crippen molar-refractivity contribution in [3.63, 3.8) is 0 Å². The summed E-state index contributed by atoms with van der Waals surface area (Å²) in [6.45, 7) is 3.97. The molecule has 0 radical (unpaired) electrons. The fraction of sp³-hybridized carbons (Fsp3) is 0.467. The molecule has 114 valence electrons. The van der Waals surface area contributed by atoms with E-state index in [9.17, 15) is 9.59 Å². The number of amides is 2. The van der Waals surface area contributed by atoms with Crippen molar-refractivity contribution in [1.82, 2.24) is 5.32 Å². The van der Waals surface area contributed by atoms with Crippen LogP contribution in [0, 0.1) is 5.92 Å². The van der Waals surface area contributed by atoms with E-state index in [4.69, 9.17) is 9.84 Å². The minimum atomic E-state index is -0.217. The topological polar surface area (TPSA) is 87.7 Å². The minimum absolute atomic E-state index is 0.0302. The Labute approximate surface area is 123 Å². The first kappa shape index (κ1) is 15.3. The summed E-state index contributed by atoms with van der Waals surface area (Å²) in [6, 6.07) is 4.82. The third-order valence-corrected chi connectivity index (χ3v) is 3.44. The maximum atomic E-state index is 12.2. The molecule has 6 nitrogen and oxygen atoms in total. The standard InChI is InChI=1S/C15H20N2O4/c1-9(2)11(5-6-18)17-15(20)10-3-4-12-13(7-10)21-8-14(19)16-12/h3-4,7,9,11,18H,5-6,8H2,1-2H3,(H,16,19)(H,17,20). The van der Waals surface area contributed by atoms with Gasteiger partial charge in [-0.3, -0.25) is 9.59 Å². The van der Waals surface area contributed by atoms with Gasteiger partial charge in [-0.25, -0.2) is 0 Å². The fourth-order valence-corrected chi connectivity index (χ4v) is 2.18. The molecule has 0 spiro atoms. The summed E-state index contributed by atoms with van der Waals surface area (Å²) in [4.78, 5) is 23.4. The van der Waals surface area contributed by atoms with Crippen LogP contribution in [0.15, 0.2) is 18.2 Å². The van der Waals surface area contributed by atoms with Crippen LogP contribution in [0.5, 0.6) is 5.75 Å². The summed E-state index contributed by atoms with van der Waals surface area (Å²) < 4.78 is 5.29. The van der Waals surface area contributed by atoms with Crippen molar-refractivity contribution in [2.45, 2.75) is 26.3 Å². The summed E-state index contributed by atoms with van der Waals surface area (Å²) in [6.07, 6.45) is 0.515. The third kappa shape index (κ3) is 3.72. The Balaban J connectivity index is 2.11. The van der Waals surface area contributed by atoms with Gasteiger partial charge >= 0.3 is 0 Å². The molecule has 1 aliphatic rings. The van der Waals surface area contributed by atoms with Crippen LogP contribution >= 0.6 is 0 Å². The van der Waals surface area contributed by atoms with Gasteiger partial charge in [-0.1, -0.05) is 13.8 Å². The smallest absolute Gasteiger partial charge is 0.262 e. The second-order valence-electron chi connectivity index (χ2n) is 5.38. The number of hydrogen-bond acceptors (Lipinski definition) is 4. The Kier molecular flexibility index (Phi) is 4.80. The van der Waals surface area contributed by atoms with Crippen LogP contribution in [0.25, 0.3) is 0 Å². The number of hydrogen-bond donors (Lipinski definition) is 3. The summed E-state index contributed by atoms with van der Waals surface area (Å²) in [5.74, 6) is 0.299. The molecule has 0 saturated carbocycles. The van der Waals surface area contributed by atoms with Crippen molar-refractivity contribution in [2.24, 2.45) is 5.92 Å². The highest BCUT2D eigenvalue weighted by atomic mass is 16.5. The van der Waals surface area contributed by atoms with Crippen LogP contribution in [-0.2, 0) is 4.79 Å². The molecule has 1 unspecified atom stereocenters. The first-order chi connectivity index (χ1) is 10.0. The number of benzene rings is 1. The van der Waals surface area contributed by atoms with Gasteiger partial charge in [-0.15, -0.1) is 0 Å². The SMILES string of the molecule is CC(C)C(CCO)NC(=O)c1ccc2c(c1)OCC(=O)N2. The van der Waals surface area contributed by atoms with Crippen molar-refractivity contribution in [1.29, 1.82) is 0 Å². The molecule has 1 aromatic carbocycles. The van der Waals surface area contributed by atoms with Gasteiger partial charge in [0.05, 0.1) is 5.69 Å². The first-order valence-electron chi connectivity index (χ1n) is 6.99. The van der Waals surface area contributed by atoms with Crippen molar-refractivity contribution >= 4 is 17.5 Å². The van der Waals surface area contributed by atoms with Gasteiger partial charge in [0.25, 0.3) is 11.8 Å². The van der Waals surface area contributed by atoms with Gasteiger partial charge in [0.15, 0.2) is 6.61 Å². The zero-order chi connectivity index (χ0) is 15.4. The molecule has 0 bridgehead atoms. The Bertz CT molecular complexity index is 542. The summed E-state index contributed by atoms with van der Waals surface area (Å²) in [5.41, 5.74) is 1.03. The molecule has 2 amide bonds. The number of carbonyl (C=O) groups is 2. The zero-order valence-corrected chi connectivity index (χ0v) is 12.2. The van der Waals surface area contributed by atoms with E-state index >= 15 is 0 Å². The van der Waals surface area contributed by atoms with Crippen LogP contribution in [0.2, 0.25) is 0 Å². The number of ether oxygens (including phenoxy) is 1. The Hall–Kier alpha value is -2.08. The van der Waals surface area contributed by atoms with E-state index in [-0.39, 0.29) is 37.0 Å². The Morgan fingerprint density at radius 1 is 1.48 bits per heavy atom. The van der Waals surface area contributed by atoms with Gasteiger partial charge < -0.3 is 20.5 Å². The Morgan fingerprint density at radius 2 is 2.24 bits per heavy atom. The Morgan fingerprint density at radius 3 is 2.90 bits per heavy atom. The summed E-state index contributed by atoms with van der Waals surface area (Å²) in [5, 5.41) is 14.6. The second kappa shape index (κ2) is 6.58. The highest BCUT2D eigenvalue weighted by Crippen LogP contribution is 2.28. The average molecular weight is 292 g/mol. The maximum Gasteiger partial charge on any atom is 0.262 e. The van der Waals surface area contributed by atoms with Gasteiger partial charge in [-0.05, 0) is 30.5 Å². The van der Waals surface area contributed by atoms with Crippen LogP contribution in [0.1, 0.15) is 30.6 Å². The molecule has 1 atom stereocenters. The maximum absolute atomic E-state index is 12.2. The van der Waals surface area contributed by atoms with E-state index < -0.39 is 0 Å². The molecule has 1 aliphatic heterocycles. The molecular formula is C15H20N2O4. The molecule has 0 fully saturated rings. The van der Waals surface area contributed by atoms with Crippen LogP contribution in [-0.4, -0.2) is 36.2 Å². The number of carbonyl (C=O) groups excluding carboxylic acids is 2. The fourth-order valence-electron chi connectivity index (χ4n) is 2.18. The van der Waals surface area contributed by atoms with E-state index in [1.54, 1.807) is 18.2 Å². The number of aliphatic hydroxyl groups excluding tert-OH is 1. The quantitative estimate of drug-likeness (QED) is 0.760. The monoisotopic (exact) mass is 292 g/mol. The van der Waals surface area contributed by atoms with Gasteiger partial charge in [0.1, 0.15) is 5.75 Å². The molecule has 1 aromatic rings. The van der Waals surface area contributed by atoms with Crippen molar-refractivity contribution < 1.29 is 19.4 Å². The third-order valence-electron chi connectivity index (χ3n) is 3.44. The number of fused-ring (bicyclic) bond motifs is 1. The number of anilines is 1. The van der Waals surface area contributed by atoms with Crippen LogP contribution in [0.4, 0.5) is 5.69 Å². The van der Waals surface area contributed by atoms with E-state index in [0.717, 1.165) is 0 Å². The van der Waals surface area contributed by atoms with Crippen molar-refractivity contribution in [3.8, 4) is 5.75 Å². The van der Waals surface area contributed by atoms with Crippen molar-refractivity contribution in [3.05, 3.63) is 23.8 Å². The summed E-state index contributed by atoms with van der Waals surface area (Å²) >= 11 is 0. The van der Waals surface area contributed by atoms with Crippen LogP contribution in [0.3, 0.4) is 0 Å². The number of aliphatic hydroxyl groups is 1. The molecule has 1 heterocycles. The predicted octanol–water partition coefficient (Wildman–Crippen LogP) is 1.15. The minimum Gasteiger partial charge on any atom is -0.482 e. The molecule has 3 N–H and O–H groups in total. The van der Waals surface area contributed by atoms with Gasteiger partial charge in [-0.2, -0.15) is 0 Å². The van der Waals surface area contributed by atoms with E-state index in [1.165, 1.54) is 0 Å². The number of nitrogens with one attached hydrogen (secondary N) is 2. The molecule has 2 rings (SSSR count). The lowest BCUT2D eigenvalue weighted by atomic mass is 10.0. The molecule has 6 heteroatoms. The predicted molar refractivity (Wildman–Crippen MR) is 78.4 cm³/mol. The normalized spacial score (nSPS) is 15.0. The molecule has 21 heavy (non-hydrogen) atoms. The van der Waals surface area contributed by atoms with E-state index in [2.05, 4.69) is 10.6 Å². The van der Waals surface area contributed by atoms with E-state index in [1.807, 2.05) is 13.8 Å². The second-order valence-corrected chi connectivity index (χ2v) is 5.38. The van der Waals surface area contributed by atoms with Gasteiger partial charge in [0.2, 0.25) is 0 Å². The van der Waals surface area contributed by atoms with Crippen molar-refractivity contribution in [2.75, 3.05) is 18.5 Å². The molecule has 0 saturated heterocycles. The summed E-state index contributed by atoms with van der Waals surface area (Å²) in [7, 11) is 0. The molecular weight excluding hydrogens is 272 g/mol. The van der Waals surface area contributed by atoms with Gasteiger partial charge in [0, 0.05) is 18.2 Å². The van der Waals surface area contributed by atoms with E-state index in [0.29, 0.717) is 23.4 Å². The average Bonchev–Trinajstić information content (AvgIpc) is 2.45. The highest BCUT2D eigenvalue weighted by molar-refractivity contribution is 5.99. The lowest BCUT2D eigenvalue weighted by Crippen LogP contribution is -2.39.